The van der Waals surface area contributed by atoms with Crippen molar-refractivity contribution in [2.75, 3.05) is 5.32 Å². The predicted octanol–water partition coefficient (Wildman–Crippen LogP) is 4.69. The molecule has 98 valence electrons. The molecule has 19 heavy (non-hydrogen) atoms. The standard InChI is InChI=1S/C14H10Cl2FNO/c1-8-2-3-12(7-13(8)17)18-14(19)9-4-10(15)6-11(16)5-9/h2-7H,1H3,(H,18,19). The molecule has 2 aromatic rings. The van der Waals surface area contributed by atoms with Crippen LogP contribution in [-0.4, -0.2) is 5.91 Å². The van der Waals surface area contributed by atoms with Crippen LogP contribution in [0.15, 0.2) is 36.4 Å². The van der Waals surface area contributed by atoms with Crippen molar-refractivity contribution in [1.82, 2.24) is 0 Å². The van der Waals surface area contributed by atoms with Gasteiger partial charge in [-0.2, -0.15) is 0 Å². The van der Waals surface area contributed by atoms with Crippen molar-refractivity contribution in [3.8, 4) is 0 Å². The summed E-state index contributed by atoms with van der Waals surface area (Å²) in [7, 11) is 0. The number of amides is 1. The van der Waals surface area contributed by atoms with E-state index < -0.39 is 5.91 Å². The van der Waals surface area contributed by atoms with Crippen molar-refractivity contribution in [3.05, 3.63) is 63.4 Å². The Labute approximate surface area is 120 Å². The van der Waals surface area contributed by atoms with Crippen LogP contribution in [0.3, 0.4) is 0 Å². The Hall–Kier alpha value is -1.58. The second kappa shape index (κ2) is 5.59. The fourth-order valence-electron chi connectivity index (χ4n) is 1.56. The number of anilines is 1. The molecule has 1 amide bonds. The van der Waals surface area contributed by atoms with Crippen molar-refractivity contribution in [3.63, 3.8) is 0 Å². The number of carbonyl (C=O) groups is 1. The van der Waals surface area contributed by atoms with Gasteiger partial charge in [0.05, 0.1) is 0 Å². The highest BCUT2D eigenvalue weighted by atomic mass is 35.5. The molecule has 0 spiro atoms. The summed E-state index contributed by atoms with van der Waals surface area (Å²) in [5.74, 6) is -0.769. The molecule has 0 saturated heterocycles. The van der Waals surface area contributed by atoms with Crippen LogP contribution in [0.5, 0.6) is 0 Å². The van der Waals surface area contributed by atoms with Gasteiger partial charge in [-0.15, -0.1) is 0 Å². The van der Waals surface area contributed by atoms with Crippen molar-refractivity contribution >= 4 is 34.8 Å². The van der Waals surface area contributed by atoms with Crippen molar-refractivity contribution in [1.29, 1.82) is 0 Å². The summed E-state index contributed by atoms with van der Waals surface area (Å²) in [6.45, 7) is 1.65. The van der Waals surface area contributed by atoms with E-state index in [-0.39, 0.29) is 5.82 Å². The lowest BCUT2D eigenvalue weighted by molar-refractivity contribution is 0.102. The van der Waals surface area contributed by atoms with E-state index in [0.717, 1.165) is 0 Å². The van der Waals surface area contributed by atoms with Crippen LogP contribution in [-0.2, 0) is 0 Å². The van der Waals surface area contributed by atoms with E-state index in [2.05, 4.69) is 5.32 Å². The first-order valence-corrected chi connectivity index (χ1v) is 6.25. The summed E-state index contributed by atoms with van der Waals surface area (Å²) in [4.78, 5) is 12.0. The zero-order valence-electron chi connectivity index (χ0n) is 10.0. The second-order valence-electron chi connectivity index (χ2n) is 4.08. The SMILES string of the molecule is Cc1ccc(NC(=O)c2cc(Cl)cc(Cl)c2)cc1F. The first-order chi connectivity index (χ1) is 8.95. The minimum absolute atomic E-state index is 0.318. The number of hydrogen-bond acceptors (Lipinski definition) is 1. The molecule has 2 nitrogen and oxygen atoms in total. The second-order valence-corrected chi connectivity index (χ2v) is 4.95. The first-order valence-electron chi connectivity index (χ1n) is 5.49. The molecule has 0 aliphatic heterocycles. The molecule has 0 radical (unpaired) electrons. The maximum atomic E-state index is 13.4. The quantitative estimate of drug-likeness (QED) is 0.856. The Balaban J connectivity index is 2.22. The van der Waals surface area contributed by atoms with Crippen molar-refractivity contribution < 1.29 is 9.18 Å². The van der Waals surface area contributed by atoms with Crippen LogP contribution < -0.4 is 5.32 Å². The van der Waals surface area contributed by atoms with Crippen LogP contribution in [0.4, 0.5) is 10.1 Å². The van der Waals surface area contributed by atoms with E-state index in [1.165, 1.54) is 24.3 Å². The zero-order chi connectivity index (χ0) is 14.0. The summed E-state index contributed by atoms with van der Waals surface area (Å²) in [5.41, 5.74) is 1.21. The van der Waals surface area contributed by atoms with Crippen LogP contribution >= 0.6 is 23.2 Å². The van der Waals surface area contributed by atoms with E-state index in [9.17, 15) is 9.18 Å². The number of carbonyl (C=O) groups excluding carboxylic acids is 1. The van der Waals surface area contributed by atoms with Gasteiger partial charge >= 0.3 is 0 Å². The Morgan fingerprint density at radius 1 is 1.11 bits per heavy atom. The molecule has 0 fully saturated rings. The molecule has 0 atom stereocenters. The normalized spacial score (nSPS) is 10.3. The fourth-order valence-corrected chi connectivity index (χ4v) is 2.08. The van der Waals surface area contributed by atoms with Crippen LogP contribution in [0.2, 0.25) is 10.0 Å². The van der Waals surface area contributed by atoms with Crippen LogP contribution in [0.1, 0.15) is 15.9 Å². The summed E-state index contributed by atoms with van der Waals surface area (Å²) in [6.07, 6.45) is 0. The molecule has 2 rings (SSSR count). The topological polar surface area (TPSA) is 29.1 Å². The number of nitrogens with one attached hydrogen (secondary N) is 1. The molecule has 1 N–H and O–H groups in total. The average molecular weight is 298 g/mol. The zero-order valence-corrected chi connectivity index (χ0v) is 11.5. The Morgan fingerprint density at radius 3 is 2.32 bits per heavy atom. The third-order valence-corrected chi connectivity index (χ3v) is 2.99. The van der Waals surface area contributed by atoms with Gasteiger partial charge in [-0.05, 0) is 42.8 Å². The number of benzene rings is 2. The predicted molar refractivity (Wildman–Crippen MR) is 75.6 cm³/mol. The minimum Gasteiger partial charge on any atom is -0.322 e. The molecule has 0 aliphatic carbocycles. The Bertz CT molecular complexity index is 623. The van der Waals surface area contributed by atoms with Gasteiger partial charge < -0.3 is 5.32 Å². The molecule has 5 heteroatoms. The van der Waals surface area contributed by atoms with Gasteiger partial charge in [0, 0.05) is 21.3 Å². The minimum atomic E-state index is -0.396. The highest BCUT2D eigenvalue weighted by Gasteiger charge is 2.09. The summed E-state index contributed by atoms with van der Waals surface area (Å²) in [6, 6.07) is 9.00. The number of hydrogen-bond donors (Lipinski definition) is 1. The number of aryl methyl sites for hydroxylation is 1. The van der Waals surface area contributed by atoms with Gasteiger partial charge in [0.2, 0.25) is 0 Å². The smallest absolute Gasteiger partial charge is 0.255 e. The lowest BCUT2D eigenvalue weighted by Gasteiger charge is -2.07. The highest BCUT2D eigenvalue weighted by Crippen LogP contribution is 2.20. The monoisotopic (exact) mass is 297 g/mol. The molecule has 0 unspecified atom stereocenters. The summed E-state index contributed by atoms with van der Waals surface area (Å²) in [5, 5.41) is 3.32. The fraction of sp³-hybridized carbons (Fsp3) is 0.0714. The Morgan fingerprint density at radius 2 is 1.74 bits per heavy atom. The van der Waals surface area contributed by atoms with E-state index in [1.54, 1.807) is 19.1 Å². The van der Waals surface area contributed by atoms with Gasteiger partial charge in [-0.3, -0.25) is 4.79 Å². The molecular weight excluding hydrogens is 288 g/mol. The lowest BCUT2D eigenvalue weighted by atomic mass is 10.2. The van der Waals surface area contributed by atoms with E-state index in [0.29, 0.717) is 26.9 Å². The van der Waals surface area contributed by atoms with Gasteiger partial charge in [-0.25, -0.2) is 4.39 Å². The molecule has 0 saturated carbocycles. The molecule has 0 heterocycles. The third kappa shape index (κ3) is 3.46. The lowest BCUT2D eigenvalue weighted by Crippen LogP contribution is -2.12. The maximum Gasteiger partial charge on any atom is 0.255 e. The van der Waals surface area contributed by atoms with Crippen molar-refractivity contribution in [2.24, 2.45) is 0 Å². The molecule has 0 aromatic heterocycles. The number of halogens is 3. The van der Waals surface area contributed by atoms with Crippen LogP contribution in [0, 0.1) is 12.7 Å². The average Bonchev–Trinajstić information content (AvgIpc) is 2.32. The molecule has 0 aliphatic rings. The van der Waals surface area contributed by atoms with E-state index in [1.807, 2.05) is 0 Å². The summed E-state index contributed by atoms with van der Waals surface area (Å²) < 4.78 is 13.4. The molecule has 0 bridgehead atoms. The number of rotatable bonds is 2. The van der Waals surface area contributed by atoms with E-state index in [4.69, 9.17) is 23.2 Å². The Kier molecular flexibility index (Phi) is 4.08. The summed E-state index contributed by atoms with van der Waals surface area (Å²) >= 11 is 11.6. The van der Waals surface area contributed by atoms with E-state index >= 15 is 0 Å². The third-order valence-electron chi connectivity index (χ3n) is 2.55. The maximum absolute atomic E-state index is 13.4. The van der Waals surface area contributed by atoms with Crippen LogP contribution in [0.25, 0.3) is 0 Å². The van der Waals surface area contributed by atoms with Gasteiger partial charge in [0.25, 0.3) is 5.91 Å². The molecular formula is C14H10Cl2FNO. The molecule has 2 aromatic carbocycles. The largest absolute Gasteiger partial charge is 0.322 e. The van der Waals surface area contributed by atoms with Gasteiger partial charge in [0.1, 0.15) is 5.82 Å². The van der Waals surface area contributed by atoms with Gasteiger partial charge in [-0.1, -0.05) is 29.3 Å². The van der Waals surface area contributed by atoms with Gasteiger partial charge in [0.15, 0.2) is 0 Å². The highest BCUT2D eigenvalue weighted by molar-refractivity contribution is 6.35. The first kappa shape index (κ1) is 13.8. The van der Waals surface area contributed by atoms with Crippen molar-refractivity contribution in [2.45, 2.75) is 6.92 Å².